The van der Waals surface area contributed by atoms with Gasteiger partial charge in [-0.3, -0.25) is 0 Å². The molecule has 2 rings (SSSR count). The van der Waals surface area contributed by atoms with Gasteiger partial charge in [-0.15, -0.1) is 0 Å². The summed E-state index contributed by atoms with van der Waals surface area (Å²) in [6.45, 7) is 2.89. The first-order valence-electron chi connectivity index (χ1n) is 4.95. The molecular weight excluding hydrogens is 317 g/mol. The van der Waals surface area contributed by atoms with Gasteiger partial charge in [0.2, 0.25) is 0 Å². The van der Waals surface area contributed by atoms with E-state index in [2.05, 4.69) is 42.9 Å². The summed E-state index contributed by atoms with van der Waals surface area (Å²) in [6.07, 6.45) is 5.31. The van der Waals surface area contributed by atoms with Crippen LogP contribution >= 0.6 is 22.6 Å². The minimum Gasteiger partial charge on any atom is -0.369 e. The summed E-state index contributed by atoms with van der Waals surface area (Å²) in [4.78, 5) is 12.8. The van der Waals surface area contributed by atoms with E-state index in [1.807, 2.05) is 24.7 Å². The molecular formula is C10H12IN5. The van der Waals surface area contributed by atoms with Gasteiger partial charge in [-0.2, -0.15) is 0 Å². The van der Waals surface area contributed by atoms with Crippen LogP contribution in [0.1, 0.15) is 6.92 Å². The number of hydrogen-bond acceptors (Lipinski definition) is 4. The van der Waals surface area contributed by atoms with Crippen LogP contribution in [0.25, 0.3) is 11.5 Å². The van der Waals surface area contributed by atoms with Crippen molar-refractivity contribution in [3.8, 4) is 11.5 Å². The number of nitrogens with one attached hydrogen (secondary N) is 1. The number of imidazole rings is 1. The monoisotopic (exact) mass is 329 g/mol. The summed E-state index contributed by atoms with van der Waals surface area (Å²) in [5.74, 6) is 1.56. The van der Waals surface area contributed by atoms with Crippen LogP contribution in [0.3, 0.4) is 0 Å². The SMILES string of the molecule is CCNc1nc(-c2cncn2C)ncc1I. The fraction of sp³-hybridized carbons (Fsp3) is 0.300. The standard InChI is InChI=1S/C10H12IN5/c1-3-13-9-7(11)4-14-10(15-9)8-5-12-6-16(8)2/h4-6H,3H2,1-2H3,(H,13,14,15). The number of halogens is 1. The molecule has 0 fully saturated rings. The van der Waals surface area contributed by atoms with Crippen LogP contribution in [-0.4, -0.2) is 26.1 Å². The molecule has 16 heavy (non-hydrogen) atoms. The van der Waals surface area contributed by atoms with Gasteiger partial charge in [0.1, 0.15) is 11.5 Å². The molecule has 0 spiro atoms. The first-order chi connectivity index (χ1) is 7.72. The topological polar surface area (TPSA) is 55.6 Å². The van der Waals surface area contributed by atoms with E-state index >= 15 is 0 Å². The lowest BCUT2D eigenvalue weighted by Crippen LogP contribution is -2.04. The Balaban J connectivity index is 2.43. The lowest BCUT2D eigenvalue weighted by atomic mass is 10.4. The molecule has 2 aromatic heterocycles. The molecule has 6 heteroatoms. The van der Waals surface area contributed by atoms with Gasteiger partial charge in [0.25, 0.3) is 0 Å². The Morgan fingerprint density at radius 3 is 2.88 bits per heavy atom. The van der Waals surface area contributed by atoms with Gasteiger partial charge in [0, 0.05) is 19.8 Å². The first kappa shape index (κ1) is 11.3. The van der Waals surface area contributed by atoms with Crippen molar-refractivity contribution in [1.29, 1.82) is 0 Å². The van der Waals surface area contributed by atoms with E-state index in [9.17, 15) is 0 Å². The largest absolute Gasteiger partial charge is 0.369 e. The van der Waals surface area contributed by atoms with Gasteiger partial charge in [-0.25, -0.2) is 15.0 Å². The smallest absolute Gasteiger partial charge is 0.179 e. The summed E-state index contributed by atoms with van der Waals surface area (Å²) in [5.41, 5.74) is 0.913. The predicted molar refractivity (Wildman–Crippen MR) is 71.1 cm³/mol. The van der Waals surface area contributed by atoms with E-state index in [0.717, 1.165) is 21.6 Å². The van der Waals surface area contributed by atoms with Crippen molar-refractivity contribution in [2.45, 2.75) is 6.92 Å². The molecule has 0 atom stereocenters. The summed E-state index contributed by atoms with van der Waals surface area (Å²) in [7, 11) is 1.93. The zero-order valence-corrected chi connectivity index (χ0v) is 11.3. The van der Waals surface area contributed by atoms with Gasteiger partial charge in [-0.1, -0.05) is 0 Å². The van der Waals surface area contributed by atoms with Crippen LogP contribution in [0, 0.1) is 3.57 Å². The summed E-state index contributed by atoms with van der Waals surface area (Å²) < 4.78 is 2.92. The fourth-order valence-electron chi connectivity index (χ4n) is 1.35. The molecule has 0 radical (unpaired) electrons. The van der Waals surface area contributed by atoms with Crippen molar-refractivity contribution in [1.82, 2.24) is 19.5 Å². The third-order valence-corrected chi connectivity index (χ3v) is 2.92. The number of aryl methyl sites for hydroxylation is 1. The number of nitrogens with zero attached hydrogens (tertiary/aromatic N) is 4. The van der Waals surface area contributed by atoms with Crippen LogP contribution in [0.15, 0.2) is 18.7 Å². The second-order valence-corrected chi connectivity index (χ2v) is 4.47. The van der Waals surface area contributed by atoms with Gasteiger partial charge >= 0.3 is 0 Å². The fourth-order valence-corrected chi connectivity index (χ4v) is 1.81. The lowest BCUT2D eigenvalue weighted by molar-refractivity contribution is 0.907. The number of hydrogen-bond donors (Lipinski definition) is 1. The second-order valence-electron chi connectivity index (χ2n) is 3.31. The van der Waals surface area contributed by atoms with Crippen molar-refractivity contribution in [3.05, 3.63) is 22.3 Å². The van der Waals surface area contributed by atoms with Gasteiger partial charge in [0.05, 0.1) is 16.1 Å². The maximum atomic E-state index is 4.47. The van der Waals surface area contributed by atoms with Gasteiger partial charge in [0.15, 0.2) is 5.82 Å². The molecule has 0 bridgehead atoms. The Kier molecular flexibility index (Phi) is 3.37. The predicted octanol–water partition coefficient (Wildman–Crippen LogP) is 1.91. The van der Waals surface area contributed by atoms with E-state index in [1.54, 1.807) is 12.5 Å². The molecule has 0 unspecified atom stereocenters. The third kappa shape index (κ3) is 2.16. The molecule has 2 heterocycles. The summed E-state index contributed by atoms with van der Waals surface area (Å²) in [5, 5.41) is 3.21. The number of rotatable bonds is 3. The highest BCUT2D eigenvalue weighted by Gasteiger charge is 2.08. The van der Waals surface area contributed by atoms with Gasteiger partial charge in [-0.05, 0) is 29.5 Å². The molecule has 2 aromatic rings. The first-order valence-corrected chi connectivity index (χ1v) is 6.03. The van der Waals surface area contributed by atoms with Crippen LogP contribution < -0.4 is 5.32 Å². The molecule has 5 nitrogen and oxygen atoms in total. The maximum Gasteiger partial charge on any atom is 0.179 e. The minimum absolute atomic E-state index is 0.691. The molecule has 0 saturated heterocycles. The molecule has 0 amide bonds. The Morgan fingerprint density at radius 2 is 2.25 bits per heavy atom. The van der Waals surface area contributed by atoms with Crippen molar-refractivity contribution in [3.63, 3.8) is 0 Å². The van der Waals surface area contributed by atoms with Gasteiger partial charge < -0.3 is 9.88 Å². The Bertz CT molecular complexity index is 494. The zero-order valence-electron chi connectivity index (χ0n) is 9.11. The zero-order chi connectivity index (χ0) is 11.5. The average molecular weight is 329 g/mol. The number of aromatic nitrogens is 4. The lowest BCUT2D eigenvalue weighted by Gasteiger charge is -2.07. The molecule has 0 saturated carbocycles. The van der Waals surface area contributed by atoms with E-state index in [0.29, 0.717) is 5.82 Å². The van der Waals surface area contributed by atoms with E-state index in [4.69, 9.17) is 0 Å². The molecule has 84 valence electrons. The van der Waals surface area contributed by atoms with Crippen molar-refractivity contribution >= 4 is 28.4 Å². The van der Waals surface area contributed by atoms with Crippen LogP contribution in [0.4, 0.5) is 5.82 Å². The van der Waals surface area contributed by atoms with Crippen molar-refractivity contribution in [2.24, 2.45) is 7.05 Å². The van der Waals surface area contributed by atoms with E-state index in [1.165, 1.54) is 0 Å². The molecule has 0 aliphatic carbocycles. The van der Waals surface area contributed by atoms with E-state index in [-0.39, 0.29) is 0 Å². The summed E-state index contributed by atoms with van der Waals surface area (Å²) >= 11 is 2.22. The minimum atomic E-state index is 0.691. The maximum absolute atomic E-state index is 4.47. The molecule has 1 N–H and O–H groups in total. The highest BCUT2D eigenvalue weighted by atomic mass is 127. The normalized spacial score (nSPS) is 10.4. The Morgan fingerprint density at radius 1 is 1.44 bits per heavy atom. The molecule has 0 aliphatic rings. The van der Waals surface area contributed by atoms with Crippen molar-refractivity contribution in [2.75, 3.05) is 11.9 Å². The Labute approximate surface area is 107 Å². The Hall–Kier alpha value is -1.18. The summed E-state index contributed by atoms with van der Waals surface area (Å²) in [6, 6.07) is 0. The highest BCUT2D eigenvalue weighted by molar-refractivity contribution is 14.1. The van der Waals surface area contributed by atoms with E-state index < -0.39 is 0 Å². The third-order valence-electron chi connectivity index (χ3n) is 2.13. The van der Waals surface area contributed by atoms with Crippen LogP contribution in [-0.2, 0) is 7.05 Å². The second kappa shape index (κ2) is 4.77. The quantitative estimate of drug-likeness (QED) is 0.874. The van der Waals surface area contributed by atoms with Crippen LogP contribution in [0.5, 0.6) is 0 Å². The average Bonchev–Trinajstić information content (AvgIpc) is 2.68. The van der Waals surface area contributed by atoms with Crippen molar-refractivity contribution < 1.29 is 0 Å². The van der Waals surface area contributed by atoms with Crippen LogP contribution in [0.2, 0.25) is 0 Å². The number of anilines is 1. The molecule has 0 aromatic carbocycles. The molecule has 0 aliphatic heterocycles. The highest BCUT2D eigenvalue weighted by Crippen LogP contribution is 2.19.